The first-order valence-corrected chi connectivity index (χ1v) is 13.8. The number of halogens is 1. The van der Waals surface area contributed by atoms with Crippen molar-refractivity contribution in [2.75, 3.05) is 24.1 Å². The summed E-state index contributed by atoms with van der Waals surface area (Å²) < 4.78 is 7.34. The molecule has 0 bridgehead atoms. The fourth-order valence-corrected chi connectivity index (χ4v) is 6.13. The van der Waals surface area contributed by atoms with Crippen molar-refractivity contribution >= 4 is 40.4 Å². The third kappa shape index (κ3) is 4.60. The number of hydrogen-bond donors (Lipinski definition) is 2. The molecule has 1 amide bonds. The van der Waals surface area contributed by atoms with Crippen molar-refractivity contribution in [2.24, 2.45) is 17.8 Å². The van der Waals surface area contributed by atoms with Crippen LogP contribution in [0.1, 0.15) is 62.8 Å². The molecule has 2 aliphatic carbocycles. The zero-order valence-corrected chi connectivity index (χ0v) is 23.6. The number of aromatic nitrogens is 4. The minimum absolute atomic E-state index is 0.0585. The number of rotatable bonds is 5. The topological polar surface area (TPSA) is 152 Å². The smallest absolute Gasteiger partial charge is 0.410 e. The molecule has 3 aliphatic rings. The molecule has 40 heavy (non-hydrogen) atoms. The van der Waals surface area contributed by atoms with Crippen molar-refractivity contribution in [1.82, 2.24) is 24.4 Å². The van der Waals surface area contributed by atoms with Gasteiger partial charge in [0.2, 0.25) is 5.95 Å². The van der Waals surface area contributed by atoms with Gasteiger partial charge in [0.25, 0.3) is 5.56 Å². The molecule has 3 aromatic rings. The predicted octanol–water partition coefficient (Wildman–Crippen LogP) is 4.20. The first-order chi connectivity index (χ1) is 19.0. The van der Waals surface area contributed by atoms with E-state index in [-0.39, 0.29) is 47.4 Å². The van der Waals surface area contributed by atoms with Gasteiger partial charge in [-0.05, 0) is 58.6 Å². The Labute approximate surface area is 236 Å². The lowest BCUT2D eigenvalue weighted by atomic mass is 10.1. The maximum absolute atomic E-state index is 14.1. The van der Waals surface area contributed by atoms with Crippen LogP contribution in [0.5, 0.6) is 0 Å². The fourth-order valence-electron chi connectivity index (χ4n) is 5.88. The van der Waals surface area contributed by atoms with E-state index in [2.05, 4.69) is 21.4 Å². The Morgan fingerprint density at radius 2 is 1.93 bits per heavy atom. The van der Waals surface area contributed by atoms with Crippen molar-refractivity contribution in [2.45, 2.75) is 58.2 Å². The number of carbonyl (C=O) groups is 1. The van der Waals surface area contributed by atoms with Gasteiger partial charge in [-0.2, -0.15) is 10.2 Å². The van der Waals surface area contributed by atoms with Crippen LogP contribution in [0.15, 0.2) is 23.0 Å². The summed E-state index contributed by atoms with van der Waals surface area (Å²) in [7, 11) is 0. The second kappa shape index (κ2) is 9.34. The summed E-state index contributed by atoms with van der Waals surface area (Å²) in [6, 6.07) is 6.90. The summed E-state index contributed by atoms with van der Waals surface area (Å²) in [6.45, 7) is 8.24. The second-order valence-electron chi connectivity index (χ2n) is 11.9. The van der Waals surface area contributed by atoms with Crippen LogP contribution in [-0.2, 0) is 4.74 Å². The molecule has 3 heterocycles. The Morgan fingerprint density at radius 3 is 2.55 bits per heavy atom. The zero-order valence-electron chi connectivity index (χ0n) is 22.8. The molecule has 12 heteroatoms. The van der Waals surface area contributed by atoms with Crippen LogP contribution in [0, 0.1) is 36.0 Å². The molecule has 0 radical (unpaired) electrons. The highest BCUT2D eigenvalue weighted by atomic mass is 35.5. The standard InChI is InChI=1S/C28H31ClN8O3/c1-13-15(10-30)23(35-26(31)32-13)34-21(14-8-9-14)24-33-19-7-5-6-18(29)20(19)25(38)37(24)22-16-11-36(12-17(16)22)27(39)40-28(2,3)4/h5-7,14,16-17,21-22H,8-9,11-12H2,1-4H3,(H3,31,32,34,35). The van der Waals surface area contributed by atoms with Crippen LogP contribution in [0.4, 0.5) is 16.6 Å². The molecule has 1 aliphatic heterocycles. The molecule has 6 rings (SSSR count). The zero-order chi connectivity index (χ0) is 28.5. The normalized spacial score (nSPS) is 22.5. The van der Waals surface area contributed by atoms with Crippen LogP contribution < -0.4 is 16.6 Å². The van der Waals surface area contributed by atoms with Crippen molar-refractivity contribution in [3.63, 3.8) is 0 Å². The summed E-state index contributed by atoms with van der Waals surface area (Å²) in [5.41, 5.74) is 6.42. The van der Waals surface area contributed by atoms with Gasteiger partial charge in [0.1, 0.15) is 28.9 Å². The number of nitrogens with zero attached hydrogens (tertiary/aromatic N) is 6. The van der Waals surface area contributed by atoms with E-state index in [0.717, 1.165) is 12.8 Å². The van der Waals surface area contributed by atoms with E-state index in [4.69, 9.17) is 27.1 Å². The summed E-state index contributed by atoms with van der Waals surface area (Å²) in [5, 5.41) is 13.9. The number of nitrogens with one attached hydrogen (secondary N) is 1. The molecule has 11 nitrogen and oxygen atoms in total. The molecule has 1 aromatic carbocycles. The monoisotopic (exact) mass is 562 g/mol. The lowest BCUT2D eigenvalue weighted by Crippen LogP contribution is -2.38. The number of nitrogens with two attached hydrogens (primary N) is 1. The number of hydrogen-bond acceptors (Lipinski definition) is 9. The Hall–Kier alpha value is -3.91. The lowest BCUT2D eigenvalue weighted by Gasteiger charge is -2.27. The molecular formula is C28H31ClN8O3. The van der Waals surface area contributed by atoms with E-state index in [1.54, 1.807) is 34.6 Å². The highest BCUT2D eigenvalue weighted by molar-refractivity contribution is 6.35. The Kier molecular flexibility index (Phi) is 6.14. The first-order valence-electron chi connectivity index (χ1n) is 13.5. The van der Waals surface area contributed by atoms with Crippen LogP contribution in [-0.4, -0.2) is 49.2 Å². The SMILES string of the molecule is Cc1nc(N)nc(NC(c2nc3cccc(Cl)c3c(=O)n2C2C3CN(C(=O)OC(C)(C)C)CC32)C2CC2)c1C#N. The Bertz CT molecular complexity index is 1630. The van der Waals surface area contributed by atoms with Gasteiger partial charge in [-0.15, -0.1) is 0 Å². The molecule has 208 valence electrons. The maximum atomic E-state index is 14.1. The molecule has 2 saturated carbocycles. The third-order valence-electron chi connectivity index (χ3n) is 7.89. The average molecular weight is 563 g/mol. The van der Waals surface area contributed by atoms with E-state index >= 15 is 0 Å². The Morgan fingerprint density at radius 1 is 1.23 bits per heavy atom. The second-order valence-corrected chi connectivity index (χ2v) is 12.4. The van der Waals surface area contributed by atoms with Crippen molar-refractivity contribution < 1.29 is 9.53 Å². The quantitative estimate of drug-likeness (QED) is 0.465. The third-order valence-corrected chi connectivity index (χ3v) is 8.20. The molecule has 3 fully saturated rings. The van der Waals surface area contributed by atoms with Crippen molar-refractivity contribution in [3.8, 4) is 6.07 Å². The predicted molar refractivity (Wildman–Crippen MR) is 150 cm³/mol. The number of likely N-dealkylation sites (tertiary alicyclic amines) is 1. The number of amides is 1. The lowest BCUT2D eigenvalue weighted by molar-refractivity contribution is 0.0266. The van der Waals surface area contributed by atoms with Gasteiger partial charge >= 0.3 is 6.09 Å². The minimum atomic E-state index is -0.583. The van der Waals surface area contributed by atoms with E-state index in [0.29, 0.717) is 51.9 Å². The van der Waals surface area contributed by atoms with Crippen LogP contribution in [0.2, 0.25) is 5.02 Å². The number of aryl methyl sites for hydroxylation is 1. The number of piperidine rings is 1. The largest absolute Gasteiger partial charge is 0.444 e. The van der Waals surface area contributed by atoms with E-state index < -0.39 is 5.60 Å². The summed E-state index contributed by atoms with van der Waals surface area (Å²) in [4.78, 5) is 42.0. The number of fused-ring (bicyclic) bond motifs is 2. The van der Waals surface area contributed by atoms with Crippen molar-refractivity contribution in [3.05, 3.63) is 50.7 Å². The van der Waals surface area contributed by atoms with Crippen LogP contribution >= 0.6 is 11.6 Å². The number of benzene rings is 1. The molecule has 1 saturated heterocycles. The number of anilines is 2. The molecule has 0 spiro atoms. The highest BCUT2D eigenvalue weighted by Gasteiger charge is 2.60. The molecule has 3 N–H and O–H groups in total. The summed E-state index contributed by atoms with van der Waals surface area (Å²) in [5.74, 6) is 1.33. The number of ether oxygens (including phenoxy) is 1. The number of nitrogen functional groups attached to an aromatic ring is 1. The fraction of sp³-hybridized carbons (Fsp3) is 0.500. The van der Waals surface area contributed by atoms with Gasteiger partial charge in [0, 0.05) is 31.0 Å². The van der Waals surface area contributed by atoms with Gasteiger partial charge in [0.15, 0.2) is 0 Å². The van der Waals surface area contributed by atoms with Gasteiger partial charge in [-0.1, -0.05) is 17.7 Å². The van der Waals surface area contributed by atoms with Crippen LogP contribution in [0.25, 0.3) is 10.9 Å². The number of nitriles is 1. The van der Waals surface area contributed by atoms with Gasteiger partial charge in [-0.3, -0.25) is 9.36 Å². The van der Waals surface area contributed by atoms with Gasteiger partial charge in [-0.25, -0.2) is 14.8 Å². The summed E-state index contributed by atoms with van der Waals surface area (Å²) in [6.07, 6.45) is 1.53. The maximum Gasteiger partial charge on any atom is 0.410 e. The molecule has 3 atom stereocenters. The molecular weight excluding hydrogens is 532 g/mol. The van der Waals surface area contributed by atoms with Crippen molar-refractivity contribution in [1.29, 1.82) is 5.26 Å². The van der Waals surface area contributed by atoms with E-state index in [1.165, 1.54) is 0 Å². The molecule has 2 aromatic heterocycles. The Balaban J connectivity index is 1.41. The van der Waals surface area contributed by atoms with E-state index in [9.17, 15) is 14.9 Å². The minimum Gasteiger partial charge on any atom is -0.444 e. The van der Waals surface area contributed by atoms with Gasteiger partial charge in [0.05, 0.1) is 27.7 Å². The van der Waals surface area contributed by atoms with Crippen LogP contribution in [0.3, 0.4) is 0 Å². The molecule has 3 unspecified atom stereocenters. The highest BCUT2D eigenvalue weighted by Crippen LogP contribution is 2.56. The first kappa shape index (κ1) is 26.3. The van der Waals surface area contributed by atoms with E-state index in [1.807, 2.05) is 20.8 Å². The van der Waals surface area contributed by atoms with Gasteiger partial charge < -0.3 is 20.7 Å². The number of carbonyl (C=O) groups excluding carboxylic acids is 1. The average Bonchev–Trinajstić information content (AvgIpc) is 3.77. The summed E-state index contributed by atoms with van der Waals surface area (Å²) >= 11 is 6.51.